The molecule has 0 saturated heterocycles. The van der Waals surface area contributed by atoms with Crippen molar-refractivity contribution in [3.8, 4) is 0 Å². The number of fused-ring (bicyclic) bond motifs is 8. The predicted molar refractivity (Wildman–Crippen MR) is 204 cm³/mol. The van der Waals surface area contributed by atoms with Crippen molar-refractivity contribution in [1.82, 2.24) is 4.90 Å². The minimum absolute atomic E-state index is 0.122. The summed E-state index contributed by atoms with van der Waals surface area (Å²) in [6.07, 6.45) is 10.1. The van der Waals surface area contributed by atoms with Crippen LogP contribution in [-0.2, 0) is 17.7 Å². The van der Waals surface area contributed by atoms with Gasteiger partial charge in [-0.3, -0.25) is 4.79 Å². The van der Waals surface area contributed by atoms with Crippen molar-refractivity contribution in [3.63, 3.8) is 0 Å². The summed E-state index contributed by atoms with van der Waals surface area (Å²) >= 11 is 0. The molecule has 280 valence electrons. The Morgan fingerprint density at radius 2 is 1.81 bits per heavy atom. The number of aliphatic hydroxyl groups is 2. The molecule has 2 N–H and O–H groups in total. The molecule has 7 heteroatoms. The van der Waals surface area contributed by atoms with Gasteiger partial charge in [0.25, 0.3) is 0 Å². The lowest BCUT2D eigenvalue weighted by molar-refractivity contribution is -0.0876. The van der Waals surface area contributed by atoms with E-state index >= 15 is 0 Å². The maximum Gasteiger partial charge on any atom is 0.410 e. The molecule has 2 fully saturated rings. The topological polar surface area (TPSA) is 100 Å². The van der Waals surface area contributed by atoms with Crippen LogP contribution in [-0.4, -0.2) is 51.3 Å². The lowest BCUT2D eigenvalue weighted by Gasteiger charge is -2.46. The Morgan fingerprint density at radius 1 is 1.02 bits per heavy atom. The van der Waals surface area contributed by atoms with Crippen molar-refractivity contribution in [1.29, 1.82) is 0 Å². The van der Waals surface area contributed by atoms with Gasteiger partial charge in [0, 0.05) is 17.5 Å². The van der Waals surface area contributed by atoms with E-state index in [4.69, 9.17) is 9.15 Å². The van der Waals surface area contributed by atoms with Crippen LogP contribution in [0.4, 0.5) is 4.79 Å². The van der Waals surface area contributed by atoms with E-state index in [9.17, 15) is 19.8 Å². The number of allylic oxidation sites excluding steroid dienone is 2. The normalized spacial score (nSPS) is 29.6. The van der Waals surface area contributed by atoms with E-state index in [1.807, 2.05) is 48.5 Å². The van der Waals surface area contributed by atoms with Gasteiger partial charge in [-0.2, -0.15) is 0 Å². The second kappa shape index (κ2) is 16.1. The van der Waals surface area contributed by atoms with Gasteiger partial charge >= 0.3 is 6.09 Å². The minimum atomic E-state index is -1.26. The Hall–Kier alpha value is -3.68. The van der Waals surface area contributed by atoms with Crippen LogP contribution in [0.25, 0.3) is 0 Å². The second-order valence-corrected chi connectivity index (χ2v) is 16.8. The number of benzene rings is 2. The number of hydrogen-bond donors (Lipinski definition) is 2. The van der Waals surface area contributed by atoms with Crippen LogP contribution in [0.1, 0.15) is 131 Å². The van der Waals surface area contributed by atoms with Crippen LogP contribution >= 0.6 is 0 Å². The summed E-state index contributed by atoms with van der Waals surface area (Å²) in [6.45, 7) is 11.4. The molecule has 4 aliphatic rings. The zero-order valence-electron chi connectivity index (χ0n) is 31.9. The standard InChI is InChI=1S/C45H59NO6/c1-30(2)36-19-16-32(4)25-41(36)52-43(49)46(28-33-12-7-6-8-13-33)29-45(50)23-21-39-37-20-17-34(27-38(37)42(48)40-14-10-24-51-40)26-35(47)18-15-31(3)11-9-22-44(39,45)5/h6-8,10-14,17,20,24,27,30,32,35-36,39,41,47,50H,9,15-16,18-19,21-23,25-26,28-29H2,1-5H3/t32-,35-,36+,39-,41-,44-,45+/m0/s1. The molecule has 7 atom stereocenters. The van der Waals surface area contributed by atoms with E-state index in [-0.39, 0.29) is 36.2 Å². The molecular formula is C45H59NO6. The average Bonchev–Trinajstić information content (AvgIpc) is 3.74. The Balaban J connectivity index is 1.39. The van der Waals surface area contributed by atoms with Gasteiger partial charge < -0.3 is 24.3 Å². The van der Waals surface area contributed by atoms with Crippen molar-refractivity contribution in [2.45, 2.75) is 129 Å². The molecule has 1 aromatic heterocycles. The number of ketones is 1. The van der Waals surface area contributed by atoms with Crippen molar-refractivity contribution in [2.75, 3.05) is 6.54 Å². The fourth-order valence-electron chi connectivity index (χ4n) is 9.50. The van der Waals surface area contributed by atoms with Crippen molar-refractivity contribution in [2.24, 2.45) is 23.2 Å². The summed E-state index contributed by atoms with van der Waals surface area (Å²) < 4.78 is 12.1. The largest absolute Gasteiger partial charge is 0.461 e. The molecule has 1 amide bonds. The number of carbonyl (C=O) groups excluding carboxylic acids is 2. The van der Waals surface area contributed by atoms with Gasteiger partial charge in [-0.25, -0.2) is 4.79 Å². The van der Waals surface area contributed by atoms with Gasteiger partial charge in [0.1, 0.15) is 6.10 Å². The number of amides is 1. The SMILES string of the molecule is CC1=CCC[C@@]2(C)[C@@H](CC[C@@]2(O)CN(Cc2ccccc2)C(=O)O[C@H]2C[C@@H](C)CC[C@@H]2C(C)C)c2ccc(cc2C(=O)c2ccco2)C[C@@H](O)CC1. The highest BCUT2D eigenvalue weighted by atomic mass is 16.6. The summed E-state index contributed by atoms with van der Waals surface area (Å²) in [4.78, 5) is 30.2. The molecule has 52 heavy (non-hydrogen) atoms. The Kier molecular flexibility index (Phi) is 11.8. The molecule has 0 spiro atoms. The van der Waals surface area contributed by atoms with E-state index in [1.54, 1.807) is 17.0 Å². The highest BCUT2D eigenvalue weighted by Crippen LogP contribution is 2.59. The van der Waals surface area contributed by atoms with Crippen molar-refractivity contribution in [3.05, 3.63) is 107 Å². The summed E-state index contributed by atoms with van der Waals surface area (Å²) in [6, 6.07) is 19.3. The number of furan rings is 1. The second-order valence-electron chi connectivity index (χ2n) is 16.8. The number of aliphatic hydroxyl groups excluding tert-OH is 1. The summed E-state index contributed by atoms with van der Waals surface area (Å²) in [5.41, 5.74) is 2.57. The maximum absolute atomic E-state index is 14.4. The molecular weight excluding hydrogens is 650 g/mol. The van der Waals surface area contributed by atoms with E-state index < -0.39 is 17.1 Å². The maximum atomic E-state index is 14.4. The van der Waals surface area contributed by atoms with Gasteiger partial charge in [-0.1, -0.05) is 88.2 Å². The first-order valence-electron chi connectivity index (χ1n) is 19.6. The number of rotatable bonds is 8. The zero-order chi connectivity index (χ0) is 37.0. The molecule has 7 nitrogen and oxygen atoms in total. The third kappa shape index (κ3) is 8.26. The number of nitrogens with zero attached hydrogens (tertiary/aromatic N) is 1. The van der Waals surface area contributed by atoms with E-state index in [0.29, 0.717) is 62.0 Å². The van der Waals surface area contributed by atoms with Crippen LogP contribution < -0.4 is 0 Å². The van der Waals surface area contributed by atoms with Crippen LogP contribution in [0, 0.1) is 23.2 Å². The van der Waals surface area contributed by atoms with Gasteiger partial charge in [-0.05, 0) is 123 Å². The third-order valence-electron chi connectivity index (χ3n) is 12.8. The quantitative estimate of drug-likeness (QED) is 0.179. The van der Waals surface area contributed by atoms with E-state index in [2.05, 4.69) is 40.7 Å². The van der Waals surface area contributed by atoms with Crippen LogP contribution in [0.2, 0.25) is 0 Å². The molecule has 3 aromatic rings. The summed E-state index contributed by atoms with van der Waals surface area (Å²) in [5.74, 6) is 1.10. The first-order chi connectivity index (χ1) is 24.9. The third-order valence-corrected chi connectivity index (χ3v) is 12.8. The molecule has 0 aliphatic heterocycles. The Morgan fingerprint density at radius 3 is 2.54 bits per heavy atom. The van der Waals surface area contributed by atoms with Crippen molar-refractivity contribution < 1.29 is 29.0 Å². The first kappa shape index (κ1) is 38.1. The van der Waals surface area contributed by atoms with E-state index in [1.165, 1.54) is 11.8 Å². The summed E-state index contributed by atoms with van der Waals surface area (Å²) in [5, 5.41) is 24.0. The highest BCUT2D eigenvalue weighted by Gasteiger charge is 2.58. The minimum Gasteiger partial charge on any atom is -0.461 e. The number of ether oxygens (including phenoxy) is 1. The smallest absolute Gasteiger partial charge is 0.410 e. The molecule has 4 aliphatic carbocycles. The Labute approximate surface area is 310 Å². The molecule has 1 heterocycles. The van der Waals surface area contributed by atoms with Crippen molar-refractivity contribution >= 4 is 11.9 Å². The molecule has 2 bridgehead atoms. The fraction of sp³-hybridized carbons (Fsp3) is 0.556. The fourth-order valence-corrected chi connectivity index (χ4v) is 9.50. The first-order valence-corrected chi connectivity index (χ1v) is 19.6. The lowest BCUT2D eigenvalue weighted by Crippen LogP contribution is -2.54. The van der Waals surface area contributed by atoms with Gasteiger partial charge in [0.05, 0.1) is 24.5 Å². The number of hydrogen-bond acceptors (Lipinski definition) is 6. The van der Waals surface area contributed by atoms with Crippen LogP contribution in [0.15, 0.2) is 83.0 Å². The predicted octanol–water partition coefficient (Wildman–Crippen LogP) is 9.65. The molecule has 2 aromatic carbocycles. The van der Waals surface area contributed by atoms with E-state index in [0.717, 1.165) is 48.8 Å². The molecule has 7 rings (SSSR count). The molecule has 0 unspecified atom stereocenters. The average molecular weight is 710 g/mol. The monoisotopic (exact) mass is 709 g/mol. The number of carbonyl (C=O) groups is 2. The van der Waals surface area contributed by atoms with Crippen LogP contribution in [0.3, 0.4) is 0 Å². The summed E-state index contributed by atoms with van der Waals surface area (Å²) in [7, 11) is 0. The van der Waals surface area contributed by atoms with Gasteiger partial charge in [-0.15, -0.1) is 0 Å². The molecule has 0 radical (unpaired) electrons. The highest BCUT2D eigenvalue weighted by molar-refractivity contribution is 6.08. The van der Waals surface area contributed by atoms with Gasteiger partial charge in [0.15, 0.2) is 5.76 Å². The molecule has 2 saturated carbocycles. The zero-order valence-corrected chi connectivity index (χ0v) is 31.9. The van der Waals surface area contributed by atoms with Crippen LogP contribution in [0.5, 0.6) is 0 Å². The van der Waals surface area contributed by atoms with Gasteiger partial charge in [0.2, 0.25) is 5.78 Å². The lowest BCUT2D eigenvalue weighted by atomic mass is 9.64. The Bertz CT molecular complexity index is 1700.